The van der Waals surface area contributed by atoms with E-state index in [9.17, 15) is 19.2 Å². The molecule has 3 atom stereocenters. The van der Waals surface area contributed by atoms with E-state index in [4.69, 9.17) is 9.47 Å². The van der Waals surface area contributed by atoms with Gasteiger partial charge in [-0.05, 0) is 79.6 Å². The van der Waals surface area contributed by atoms with Crippen molar-refractivity contribution >= 4 is 45.8 Å². The van der Waals surface area contributed by atoms with Crippen molar-refractivity contribution in [2.75, 3.05) is 7.11 Å². The number of amides is 4. The van der Waals surface area contributed by atoms with E-state index in [2.05, 4.69) is 21.2 Å². The highest BCUT2D eigenvalue weighted by atomic mass is 79.9. The Labute approximate surface area is 210 Å². The normalized spacial score (nSPS) is 24.6. The molecule has 35 heavy (non-hydrogen) atoms. The van der Waals surface area contributed by atoms with Crippen LogP contribution in [0, 0.1) is 11.8 Å². The monoisotopic (exact) mass is 538 g/mol. The van der Waals surface area contributed by atoms with Crippen LogP contribution < -0.4 is 14.8 Å². The number of imide groups is 2. The number of rotatable bonds is 5. The Bertz CT molecular complexity index is 1250. The number of methoxy groups -OCH3 is 1. The highest BCUT2D eigenvalue weighted by Gasteiger charge is 2.49. The maximum absolute atomic E-state index is 13.4. The molecule has 0 radical (unpaired) electrons. The van der Waals surface area contributed by atoms with Gasteiger partial charge in [-0.2, -0.15) is 0 Å². The molecule has 4 amide bonds. The molecule has 2 aromatic carbocycles. The van der Waals surface area contributed by atoms with Crippen molar-refractivity contribution in [1.29, 1.82) is 0 Å². The smallest absolute Gasteiger partial charge is 0.343 e. The molecule has 0 aromatic heterocycles. The standard InChI is InChI=1S/C26H23BrN2O6/c1-34-19-7-4-15(5-8-19)25(32)35-22-9-6-18(27)12-17(22)13-20-23(30)28-26(33)29(24(20)31)21-11-14-2-3-16(21)10-14/h4-9,12-14,16,21H,2-3,10-11H2,1H3,(H,28,30,33)/b20-13-/t14-,16-,21-/m0/s1. The van der Waals surface area contributed by atoms with Crippen LogP contribution in [0.1, 0.15) is 41.6 Å². The quantitative estimate of drug-likeness (QED) is 0.263. The van der Waals surface area contributed by atoms with Crippen LogP contribution in [0.15, 0.2) is 52.5 Å². The first kappa shape index (κ1) is 23.3. The van der Waals surface area contributed by atoms with Gasteiger partial charge in [0.1, 0.15) is 17.1 Å². The molecule has 3 aliphatic rings. The van der Waals surface area contributed by atoms with Gasteiger partial charge in [-0.3, -0.25) is 19.8 Å². The van der Waals surface area contributed by atoms with Gasteiger partial charge in [-0.1, -0.05) is 22.4 Å². The molecule has 1 heterocycles. The number of barbiturate groups is 1. The second-order valence-electron chi connectivity index (χ2n) is 9.03. The van der Waals surface area contributed by atoms with Crippen molar-refractivity contribution in [2.45, 2.75) is 31.7 Å². The molecular formula is C26H23BrN2O6. The minimum absolute atomic E-state index is 0.172. The van der Waals surface area contributed by atoms with Crippen LogP contribution in [0.3, 0.4) is 0 Å². The highest BCUT2D eigenvalue weighted by molar-refractivity contribution is 9.10. The van der Waals surface area contributed by atoms with Gasteiger partial charge in [0, 0.05) is 16.1 Å². The average Bonchev–Trinajstić information content (AvgIpc) is 3.47. The van der Waals surface area contributed by atoms with E-state index in [0.717, 1.165) is 25.7 Å². The second kappa shape index (κ2) is 9.30. The zero-order valence-electron chi connectivity index (χ0n) is 19.0. The number of nitrogens with zero attached hydrogens (tertiary/aromatic N) is 1. The van der Waals surface area contributed by atoms with Crippen molar-refractivity contribution in [2.24, 2.45) is 11.8 Å². The molecule has 1 saturated heterocycles. The fraction of sp³-hybridized carbons (Fsp3) is 0.308. The Morgan fingerprint density at radius 1 is 1.09 bits per heavy atom. The SMILES string of the molecule is COc1ccc(C(=O)Oc2ccc(Br)cc2/C=C2/C(=O)NC(=O)N([C@H]3C[C@H]4CC[C@H]3C4)C2=O)cc1. The molecule has 180 valence electrons. The van der Waals surface area contributed by atoms with Gasteiger partial charge in [0.15, 0.2) is 0 Å². The summed E-state index contributed by atoms with van der Waals surface area (Å²) in [4.78, 5) is 52.6. The second-order valence-corrected chi connectivity index (χ2v) is 9.95. The third kappa shape index (κ3) is 4.48. The van der Waals surface area contributed by atoms with Crippen LogP contribution in [0.25, 0.3) is 6.08 Å². The number of carbonyl (C=O) groups excluding carboxylic acids is 4. The first-order valence-corrected chi connectivity index (χ1v) is 12.2. The number of esters is 1. The van der Waals surface area contributed by atoms with Gasteiger partial charge in [0.05, 0.1) is 12.7 Å². The average molecular weight is 539 g/mol. The predicted molar refractivity (Wildman–Crippen MR) is 130 cm³/mol. The van der Waals surface area contributed by atoms with Crippen molar-refractivity contribution in [3.8, 4) is 11.5 Å². The third-order valence-electron chi connectivity index (χ3n) is 6.97. The Kier molecular flexibility index (Phi) is 6.19. The van der Waals surface area contributed by atoms with Crippen LogP contribution in [0.5, 0.6) is 11.5 Å². The fourth-order valence-electron chi connectivity index (χ4n) is 5.27. The molecule has 3 fully saturated rings. The Morgan fingerprint density at radius 3 is 2.51 bits per heavy atom. The van der Waals surface area contributed by atoms with Crippen molar-refractivity contribution in [1.82, 2.24) is 10.2 Å². The summed E-state index contributed by atoms with van der Waals surface area (Å²) in [7, 11) is 1.53. The Morgan fingerprint density at radius 2 is 1.86 bits per heavy atom. The zero-order chi connectivity index (χ0) is 24.7. The summed E-state index contributed by atoms with van der Waals surface area (Å²) >= 11 is 3.38. The lowest BCUT2D eigenvalue weighted by Gasteiger charge is -2.35. The largest absolute Gasteiger partial charge is 0.497 e. The lowest BCUT2D eigenvalue weighted by molar-refractivity contribution is -0.132. The predicted octanol–water partition coefficient (Wildman–Crippen LogP) is 4.33. The Balaban J connectivity index is 1.44. The van der Waals surface area contributed by atoms with Crippen molar-refractivity contribution in [3.63, 3.8) is 0 Å². The van der Waals surface area contributed by atoms with E-state index in [1.54, 1.807) is 42.5 Å². The fourth-order valence-corrected chi connectivity index (χ4v) is 5.64. The molecule has 5 rings (SSSR count). The molecule has 9 heteroatoms. The van der Waals surface area contributed by atoms with E-state index < -0.39 is 23.8 Å². The van der Waals surface area contributed by atoms with Gasteiger partial charge < -0.3 is 9.47 Å². The van der Waals surface area contributed by atoms with Crippen LogP contribution in [0.4, 0.5) is 4.79 Å². The maximum atomic E-state index is 13.4. The van der Waals surface area contributed by atoms with Crippen molar-refractivity contribution < 1.29 is 28.7 Å². The summed E-state index contributed by atoms with van der Waals surface area (Å²) in [5, 5.41) is 2.31. The molecule has 8 nitrogen and oxygen atoms in total. The summed E-state index contributed by atoms with van der Waals surface area (Å²) in [6.07, 6.45) is 5.24. The van der Waals surface area contributed by atoms with Crippen molar-refractivity contribution in [3.05, 3.63) is 63.6 Å². The van der Waals surface area contributed by atoms with Gasteiger partial charge >= 0.3 is 12.0 Å². The van der Waals surface area contributed by atoms with Gasteiger partial charge in [0.25, 0.3) is 11.8 Å². The number of carbonyl (C=O) groups is 4. The van der Waals surface area contributed by atoms with Crippen LogP contribution >= 0.6 is 15.9 Å². The first-order chi connectivity index (χ1) is 16.8. The molecule has 0 spiro atoms. The van der Waals surface area contributed by atoms with E-state index >= 15 is 0 Å². The molecule has 1 aliphatic heterocycles. The van der Waals surface area contributed by atoms with E-state index in [1.807, 2.05) is 0 Å². The summed E-state index contributed by atoms with van der Waals surface area (Å²) in [5.41, 5.74) is 0.487. The molecule has 0 unspecified atom stereocenters. The third-order valence-corrected chi connectivity index (χ3v) is 7.46. The minimum atomic E-state index is -0.771. The molecule has 2 saturated carbocycles. The highest BCUT2D eigenvalue weighted by Crippen LogP contribution is 2.47. The van der Waals surface area contributed by atoms with Gasteiger partial charge in [-0.15, -0.1) is 0 Å². The number of hydrogen-bond donors (Lipinski definition) is 1. The molecule has 2 aliphatic carbocycles. The number of urea groups is 1. The summed E-state index contributed by atoms with van der Waals surface area (Å²) in [5.74, 6) is -0.429. The van der Waals surface area contributed by atoms with Crippen LogP contribution in [-0.4, -0.2) is 41.9 Å². The number of nitrogens with one attached hydrogen (secondary N) is 1. The molecule has 2 aromatic rings. The summed E-state index contributed by atoms with van der Waals surface area (Å²) in [6, 6.07) is 10.5. The van der Waals surface area contributed by atoms with E-state index in [1.165, 1.54) is 18.1 Å². The number of fused-ring (bicyclic) bond motifs is 2. The first-order valence-electron chi connectivity index (χ1n) is 11.4. The number of hydrogen-bond acceptors (Lipinski definition) is 6. The lowest BCUT2D eigenvalue weighted by Crippen LogP contribution is -2.58. The minimum Gasteiger partial charge on any atom is -0.497 e. The van der Waals surface area contributed by atoms with Gasteiger partial charge in [-0.25, -0.2) is 9.59 Å². The molecule has 1 N–H and O–H groups in total. The number of halogens is 1. The maximum Gasteiger partial charge on any atom is 0.343 e. The summed E-state index contributed by atoms with van der Waals surface area (Å²) < 4.78 is 11.4. The van der Waals surface area contributed by atoms with E-state index in [-0.39, 0.29) is 23.3 Å². The number of ether oxygens (including phenoxy) is 2. The summed E-state index contributed by atoms with van der Waals surface area (Å²) in [6.45, 7) is 0. The van der Waals surface area contributed by atoms with Crippen LogP contribution in [-0.2, 0) is 9.59 Å². The molecular weight excluding hydrogens is 516 g/mol. The molecule has 2 bridgehead atoms. The zero-order valence-corrected chi connectivity index (χ0v) is 20.5. The van der Waals surface area contributed by atoms with Crippen LogP contribution in [0.2, 0.25) is 0 Å². The van der Waals surface area contributed by atoms with Gasteiger partial charge in [0.2, 0.25) is 0 Å². The van der Waals surface area contributed by atoms with E-state index in [0.29, 0.717) is 27.3 Å². The number of benzene rings is 2. The topological polar surface area (TPSA) is 102 Å². The Hall–Kier alpha value is -3.46. The lowest BCUT2D eigenvalue weighted by atomic mass is 9.93.